The van der Waals surface area contributed by atoms with E-state index in [1.54, 1.807) is 0 Å². The number of benzene rings is 11. The lowest BCUT2D eigenvalue weighted by molar-refractivity contribution is -0.634. The summed E-state index contributed by atoms with van der Waals surface area (Å²) in [4.78, 5) is 0. The highest BCUT2D eigenvalue weighted by molar-refractivity contribution is 6.14. The van der Waals surface area contributed by atoms with Gasteiger partial charge in [-0.1, -0.05) is 277 Å². The number of aromatic nitrogens is 9. The summed E-state index contributed by atoms with van der Waals surface area (Å²) in [5, 5.41) is 4.05. The number of rotatable bonds is 11. The Labute approximate surface area is 656 Å². The third kappa shape index (κ3) is 12.5. The van der Waals surface area contributed by atoms with Gasteiger partial charge in [0, 0.05) is 68.2 Å². The highest BCUT2D eigenvalue weighted by Crippen LogP contribution is 2.54. The smallest absolute Gasteiger partial charge is 0.311 e. The van der Waals surface area contributed by atoms with Gasteiger partial charge in [-0.3, -0.25) is 0 Å². The van der Waals surface area contributed by atoms with Crippen LogP contribution in [-0.4, -0.2) is 22.7 Å². The SMILES string of the molecule is CC(C)c1cccc(C(C)C)c1-n1c(-c2cccn2C)[n+](C)c2ccccc21.Cc1cccc2c3cccc4c3n3c(c(-c5ccccc5)[n+](C)c3c12)C(C)(C)C4(C)C.Cc1ccccc1-c1n(-c2c(C(C)C)cccc2C(C)C)c2ccccc2[n+]1C.Cc1ccccc1-c1n(-c2ccccc2)c2ccccc2[n+]1C. The number of imidazole rings is 4. The van der Waals surface area contributed by atoms with Crippen LogP contribution in [0.15, 0.2) is 273 Å². The van der Waals surface area contributed by atoms with Gasteiger partial charge in [0.2, 0.25) is 0 Å². The van der Waals surface area contributed by atoms with Crippen LogP contribution in [0.5, 0.6) is 0 Å². The molecule has 0 saturated heterocycles. The summed E-state index contributed by atoms with van der Waals surface area (Å²) >= 11 is 0. The van der Waals surface area contributed by atoms with E-state index in [1.807, 2.05) is 0 Å². The molecular formula is C102H109N9+4. The van der Waals surface area contributed by atoms with Gasteiger partial charge in [0.25, 0.3) is 17.3 Å². The number of hydrogen-bond donors (Lipinski definition) is 0. The Morgan fingerprint density at radius 1 is 0.342 bits per heavy atom. The van der Waals surface area contributed by atoms with Crippen LogP contribution in [0.1, 0.15) is 157 Å². The predicted molar refractivity (Wildman–Crippen MR) is 464 cm³/mol. The summed E-state index contributed by atoms with van der Waals surface area (Å²) in [7, 11) is 10.9. The van der Waals surface area contributed by atoms with E-state index in [9.17, 15) is 0 Å². The summed E-state index contributed by atoms with van der Waals surface area (Å²) in [5.41, 5.74) is 32.6. The molecule has 7 heterocycles. The van der Waals surface area contributed by atoms with E-state index in [0.29, 0.717) is 23.7 Å². The molecule has 0 saturated carbocycles. The zero-order valence-corrected chi connectivity index (χ0v) is 68.8. The van der Waals surface area contributed by atoms with E-state index < -0.39 is 0 Å². The number of nitrogens with zero attached hydrogens (tertiary/aromatic N) is 9. The number of pyridine rings is 1. The normalized spacial score (nSPS) is 13.0. The average molecular weight is 1460 g/mol. The van der Waals surface area contributed by atoms with Crippen LogP contribution in [0.25, 0.3) is 123 Å². The molecule has 0 amide bonds. The first kappa shape index (κ1) is 74.8. The van der Waals surface area contributed by atoms with Crippen LogP contribution in [0, 0.1) is 20.8 Å². The monoisotopic (exact) mass is 1460 g/mol. The highest BCUT2D eigenvalue weighted by atomic mass is 15.2. The van der Waals surface area contributed by atoms with Crippen LogP contribution in [-0.2, 0) is 46.1 Å². The Morgan fingerprint density at radius 2 is 0.739 bits per heavy atom. The van der Waals surface area contributed by atoms with Crippen molar-refractivity contribution in [2.24, 2.45) is 35.2 Å². The summed E-state index contributed by atoms with van der Waals surface area (Å²) in [6.45, 7) is 34.6. The molecule has 0 aliphatic carbocycles. The minimum Gasteiger partial charge on any atom is -0.344 e. The molecule has 0 unspecified atom stereocenters. The Morgan fingerprint density at radius 3 is 1.22 bits per heavy atom. The Kier molecular flexibility index (Phi) is 19.9. The summed E-state index contributed by atoms with van der Waals surface area (Å²) in [6, 6.07) is 96.3. The lowest BCUT2D eigenvalue weighted by Crippen LogP contribution is -2.44. The van der Waals surface area contributed by atoms with Crippen molar-refractivity contribution in [2.45, 2.75) is 138 Å². The van der Waals surface area contributed by atoms with Gasteiger partial charge in [-0.05, 0) is 134 Å². The second kappa shape index (κ2) is 29.6. The second-order valence-corrected chi connectivity index (χ2v) is 33.0. The lowest BCUT2D eigenvalue weighted by Gasteiger charge is -2.43. The third-order valence-corrected chi connectivity index (χ3v) is 24.4. The molecule has 6 aromatic heterocycles. The van der Waals surface area contributed by atoms with Crippen molar-refractivity contribution in [3.8, 4) is 62.6 Å². The van der Waals surface area contributed by atoms with E-state index in [0.717, 1.165) is 0 Å². The molecule has 0 fully saturated rings. The van der Waals surface area contributed by atoms with Gasteiger partial charge in [0.05, 0.1) is 44.7 Å². The van der Waals surface area contributed by atoms with Crippen molar-refractivity contribution < 1.29 is 18.3 Å². The standard InChI is InChI=1S/C29H29N2.C27H31N2.C25H30N3.C21H19N2/c1-18-12-10-15-20-21-16-11-17-22-25(21)31-26(29(4,5)28(22,2)3)24(19-13-8-7-9-14-19)30(6)27(31)23(18)20;1-18(2)21-14-11-15-22(19(3)4)26(21)29-25-17-10-9-16-24(25)28(6)27(29)23-13-8-7-12-20(23)5;1-17(2)19-11-9-12-20(18(3)4)24(19)28-22-14-8-7-13-21(22)27(6)25(28)23-15-10-16-26(23)5;1-16-10-6-7-13-18(16)21-22(2)19-14-8-9-15-20(19)23(21)17-11-4-3-5-12-17/h7-17H,1-6H3;7-19H,1-6H3;7-18H,1-6H3;3-15H,1-2H3/q4*+1. The minimum absolute atomic E-state index is 0.0121. The van der Waals surface area contributed by atoms with E-state index in [1.165, 1.54) is 173 Å². The second-order valence-electron chi connectivity index (χ2n) is 33.0. The van der Waals surface area contributed by atoms with Gasteiger partial charge in [-0.25, -0.2) is 18.3 Å². The highest BCUT2D eigenvalue weighted by Gasteiger charge is 2.53. The molecule has 17 aromatic rings. The number of para-hydroxylation sites is 10. The zero-order valence-electron chi connectivity index (χ0n) is 68.8. The van der Waals surface area contributed by atoms with Crippen molar-refractivity contribution in [2.75, 3.05) is 0 Å². The largest absolute Gasteiger partial charge is 0.344 e. The van der Waals surface area contributed by atoms with Gasteiger partial charge < -0.3 is 4.57 Å². The van der Waals surface area contributed by atoms with Gasteiger partial charge >= 0.3 is 5.82 Å². The lowest BCUT2D eigenvalue weighted by atomic mass is 9.60. The molecular weight excluding hydrogens is 1350 g/mol. The van der Waals surface area contributed by atoms with Crippen LogP contribution < -0.4 is 18.3 Å². The minimum atomic E-state index is -0.0556. The summed E-state index contributed by atoms with van der Waals surface area (Å²) in [5.74, 6) is 5.43. The summed E-state index contributed by atoms with van der Waals surface area (Å²) < 4.78 is 21.5. The molecule has 558 valence electrons. The predicted octanol–water partition coefficient (Wildman–Crippen LogP) is 23.4. The molecule has 0 bridgehead atoms. The van der Waals surface area contributed by atoms with Crippen molar-refractivity contribution in [1.29, 1.82) is 0 Å². The summed E-state index contributed by atoms with van der Waals surface area (Å²) in [6.07, 6.45) is 2.12. The van der Waals surface area contributed by atoms with E-state index >= 15 is 0 Å². The molecule has 0 N–H and O–H groups in total. The zero-order chi connectivity index (χ0) is 78.2. The fraction of sp³-hybridized carbons (Fsp3) is 0.255. The fourth-order valence-corrected chi connectivity index (χ4v) is 18.0. The quantitative estimate of drug-likeness (QED) is 0.0915. The molecule has 0 atom stereocenters. The van der Waals surface area contributed by atoms with Crippen molar-refractivity contribution in [1.82, 2.24) is 22.7 Å². The van der Waals surface area contributed by atoms with Crippen LogP contribution in [0.2, 0.25) is 0 Å². The topological polar surface area (TPSA) is 39.6 Å². The maximum Gasteiger partial charge on any atom is 0.311 e. The van der Waals surface area contributed by atoms with Gasteiger partial charge in [0.15, 0.2) is 44.5 Å². The Bertz CT molecular complexity index is 6320. The van der Waals surface area contributed by atoms with E-state index in [2.05, 4.69) is 453 Å². The first-order chi connectivity index (χ1) is 53.4. The van der Waals surface area contributed by atoms with Crippen molar-refractivity contribution in [3.05, 3.63) is 323 Å². The molecule has 18 rings (SSSR count). The van der Waals surface area contributed by atoms with Crippen LogP contribution in [0.3, 0.4) is 0 Å². The third-order valence-electron chi connectivity index (χ3n) is 24.4. The van der Waals surface area contributed by atoms with Crippen LogP contribution in [0.4, 0.5) is 0 Å². The average Bonchev–Trinajstić information content (AvgIpc) is 1.53. The molecule has 11 aromatic carbocycles. The van der Waals surface area contributed by atoms with Crippen molar-refractivity contribution in [3.63, 3.8) is 0 Å². The fourth-order valence-electron chi connectivity index (χ4n) is 18.0. The molecule has 0 radical (unpaired) electrons. The Hall–Kier alpha value is -11.7. The molecule has 9 heteroatoms. The first-order valence-corrected chi connectivity index (χ1v) is 39.9. The van der Waals surface area contributed by atoms with Gasteiger partial charge in [-0.2, -0.15) is 18.1 Å². The molecule has 1 aliphatic heterocycles. The van der Waals surface area contributed by atoms with E-state index in [4.69, 9.17) is 0 Å². The van der Waals surface area contributed by atoms with Gasteiger partial charge in [-0.15, -0.1) is 0 Å². The number of hydrogen-bond acceptors (Lipinski definition) is 0. The van der Waals surface area contributed by atoms with E-state index in [-0.39, 0.29) is 10.8 Å². The molecule has 0 spiro atoms. The first-order valence-electron chi connectivity index (χ1n) is 39.9. The molecule has 1 aliphatic rings. The molecule has 9 nitrogen and oxygen atoms in total. The Balaban J connectivity index is 0.000000118. The maximum atomic E-state index is 2.59. The number of fused-ring (bicyclic) bond motifs is 6. The molecule has 111 heavy (non-hydrogen) atoms. The van der Waals surface area contributed by atoms with Crippen molar-refractivity contribution >= 4 is 60.4 Å². The maximum absolute atomic E-state index is 2.59. The van der Waals surface area contributed by atoms with Crippen LogP contribution >= 0.6 is 0 Å². The van der Waals surface area contributed by atoms with Gasteiger partial charge in [0.1, 0.15) is 28.3 Å². The number of aryl methyl sites for hydroxylation is 8.